The molecule has 1 rings (SSSR count). The molecule has 0 unspecified atom stereocenters. The maximum atomic E-state index is 11.9. The van der Waals surface area contributed by atoms with Crippen LogP contribution < -0.4 is 0 Å². The molecule has 0 fully saturated rings. The van der Waals surface area contributed by atoms with Gasteiger partial charge < -0.3 is 0 Å². The first-order chi connectivity index (χ1) is 11.7. The van der Waals surface area contributed by atoms with E-state index in [1.165, 1.54) is 64.2 Å². The number of benzene rings is 1. The summed E-state index contributed by atoms with van der Waals surface area (Å²) < 4.78 is 28.9. The molecule has 25 heavy (non-hydrogen) atoms. The first-order valence-electron chi connectivity index (χ1n) is 9.61. The van der Waals surface area contributed by atoms with Gasteiger partial charge in [-0.2, -0.15) is 8.42 Å². The number of hydrogen-bond donors (Lipinski definition) is 0. The van der Waals surface area contributed by atoms with Gasteiger partial charge in [0.1, 0.15) is 0 Å². The SMILES string of the molecule is CCCCCCCCCCCCCCOS(=O)(=O)c1ccccc1.[K]. The van der Waals surface area contributed by atoms with Crippen LogP contribution in [0.1, 0.15) is 84.0 Å². The summed E-state index contributed by atoms with van der Waals surface area (Å²) in [6, 6.07) is 8.35. The van der Waals surface area contributed by atoms with Gasteiger partial charge in [0.25, 0.3) is 10.1 Å². The Bertz CT molecular complexity index is 503. The van der Waals surface area contributed by atoms with Gasteiger partial charge >= 0.3 is 0 Å². The van der Waals surface area contributed by atoms with Crippen LogP contribution in [0.15, 0.2) is 35.2 Å². The van der Waals surface area contributed by atoms with E-state index in [4.69, 9.17) is 4.18 Å². The third-order valence-corrected chi connectivity index (χ3v) is 5.59. The maximum Gasteiger partial charge on any atom is 0.296 e. The van der Waals surface area contributed by atoms with E-state index in [0.29, 0.717) is 0 Å². The first-order valence-corrected chi connectivity index (χ1v) is 11.0. The van der Waals surface area contributed by atoms with E-state index in [1.54, 1.807) is 30.3 Å². The summed E-state index contributed by atoms with van der Waals surface area (Å²) in [5, 5.41) is 0. The fourth-order valence-electron chi connectivity index (χ4n) is 2.77. The minimum atomic E-state index is -3.57. The first kappa shape index (κ1) is 25.8. The van der Waals surface area contributed by atoms with E-state index in [2.05, 4.69) is 6.92 Å². The predicted molar refractivity (Wildman–Crippen MR) is 106 cm³/mol. The van der Waals surface area contributed by atoms with Crippen molar-refractivity contribution in [2.24, 2.45) is 0 Å². The number of unbranched alkanes of at least 4 members (excludes halogenated alkanes) is 11. The topological polar surface area (TPSA) is 43.4 Å². The molecule has 0 atom stereocenters. The van der Waals surface area contributed by atoms with Crippen LogP contribution >= 0.6 is 0 Å². The molecule has 139 valence electrons. The summed E-state index contributed by atoms with van der Waals surface area (Å²) in [5.74, 6) is 0. The predicted octanol–water partition coefficient (Wildman–Crippen LogP) is 5.71. The van der Waals surface area contributed by atoms with E-state index in [0.717, 1.165) is 12.8 Å². The van der Waals surface area contributed by atoms with Gasteiger partial charge in [-0.25, -0.2) is 0 Å². The zero-order chi connectivity index (χ0) is 17.5. The normalized spacial score (nSPS) is 11.2. The molecule has 0 aliphatic rings. The van der Waals surface area contributed by atoms with Gasteiger partial charge in [0.2, 0.25) is 0 Å². The van der Waals surface area contributed by atoms with Crippen LogP contribution in [-0.4, -0.2) is 66.4 Å². The van der Waals surface area contributed by atoms with Gasteiger partial charge in [0, 0.05) is 51.4 Å². The molecule has 0 spiro atoms. The van der Waals surface area contributed by atoms with E-state index in [-0.39, 0.29) is 62.9 Å². The average molecular weight is 394 g/mol. The van der Waals surface area contributed by atoms with Crippen molar-refractivity contribution in [3.63, 3.8) is 0 Å². The standard InChI is InChI=1S/C20H34O3S.K/c1-2-3-4-5-6-7-8-9-10-11-12-16-19-23-24(21,22)20-17-14-13-15-18-20;/h13-15,17-18H,2-12,16,19H2,1H3;. The molecular formula is C20H34KO3S. The zero-order valence-electron chi connectivity index (χ0n) is 16.2. The third-order valence-electron chi connectivity index (χ3n) is 4.27. The van der Waals surface area contributed by atoms with Crippen molar-refractivity contribution in [3.8, 4) is 0 Å². The van der Waals surface area contributed by atoms with Crippen molar-refractivity contribution in [3.05, 3.63) is 30.3 Å². The fraction of sp³-hybridized carbons (Fsp3) is 0.700. The minimum Gasteiger partial charge on any atom is -0.266 e. The summed E-state index contributed by atoms with van der Waals surface area (Å²) in [4.78, 5) is 0.240. The molecule has 0 saturated carbocycles. The summed E-state index contributed by atoms with van der Waals surface area (Å²) in [6.45, 7) is 2.54. The summed E-state index contributed by atoms with van der Waals surface area (Å²) >= 11 is 0. The van der Waals surface area contributed by atoms with Crippen LogP contribution in [0.25, 0.3) is 0 Å². The molecule has 0 saturated heterocycles. The molecule has 1 aromatic carbocycles. The van der Waals surface area contributed by atoms with Gasteiger partial charge in [-0.3, -0.25) is 4.18 Å². The average Bonchev–Trinajstić information content (AvgIpc) is 2.60. The molecule has 0 aliphatic carbocycles. The van der Waals surface area contributed by atoms with Gasteiger partial charge in [-0.05, 0) is 18.6 Å². The Labute approximate surface area is 197 Å². The minimum absolute atomic E-state index is 0. The molecule has 5 heteroatoms. The number of rotatable bonds is 15. The van der Waals surface area contributed by atoms with Crippen molar-refractivity contribution in [2.45, 2.75) is 88.9 Å². The fourth-order valence-corrected chi connectivity index (χ4v) is 3.73. The molecule has 0 N–H and O–H groups in total. The van der Waals surface area contributed by atoms with Crippen molar-refractivity contribution in [1.29, 1.82) is 0 Å². The smallest absolute Gasteiger partial charge is 0.266 e. The molecule has 0 aliphatic heterocycles. The quantitative estimate of drug-likeness (QED) is 0.218. The summed E-state index contributed by atoms with van der Waals surface area (Å²) in [6.07, 6.45) is 15.1. The maximum absolute atomic E-state index is 11.9. The van der Waals surface area contributed by atoms with Crippen LogP contribution in [0.4, 0.5) is 0 Å². The Hall–Kier alpha value is 0.766. The second-order valence-corrected chi connectivity index (χ2v) is 8.09. The molecule has 1 aromatic rings. The van der Waals surface area contributed by atoms with E-state index in [1.807, 2.05) is 0 Å². The van der Waals surface area contributed by atoms with E-state index >= 15 is 0 Å². The Morgan fingerprint density at radius 3 is 1.64 bits per heavy atom. The molecule has 1 radical (unpaired) electrons. The Kier molecular flexibility index (Phi) is 17.4. The molecule has 0 heterocycles. The van der Waals surface area contributed by atoms with Crippen LogP contribution in [0, 0.1) is 0 Å². The van der Waals surface area contributed by atoms with E-state index in [9.17, 15) is 8.42 Å². The zero-order valence-corrected chi connectivity index (χ0v) is 20.2. The second kappa shape index (κ2) is 16.9. The number of hydrogen-bond acceptors (Lipinski definition) is 3. The molecule has 0 bridgehead atoms. The monoisotopic (exact) mass is 393 g/mol. The van der Waals surface area contributed by atoms with Gasteiger partial charge in [0.05, 0.1) is 11.5 Å². The molecule has 0 amide bonds. The second-order valence-electron chi connectivity index (χ2n) is 6.48. The van der Waals surface area contributed by atoms with Gasteiger partial charge in [0.15, 0.2) is 0 Å². The molecule has 0 aromatic heterocycles. The van der Waals surface area contributed by atoms with Gasteiger partial charge in [-0.1, -0.05) is 95.8 Å². The van der Waals surface area contributed by atoms with Crippen LogP contribution in [0.2, 0.25) is 0 Å². The Morgan fingerprint density at radius 1 is 0.720 bits per heavy atom. The van der Waals surface area contributed by atoms with Crippen LogP contribution in [0.5, 0.6) is 0 Å². The Morgan fingerprint density at radius 2 is 1.16 bits per heavy atom. The molecule has 3 nitrogen and oxygen atoms in total. The summed E-state index contributed by atoms with van der Waals surface area (Å²) in [7, 11) is -3.57. The van der Waals surface area contributed by atoms with Crippen LogP contribution in [0.3, 0.4) is 0 Å². The third kappa shape index (κ3) is 13.6. The summed E-state index contributed by atoms with van der Waals surface area (Å²) in [5.41, 5.74) is 0. The van der Waals surface area contributed by atoms with E-state index < -0.39 is 10.1 Å². The van der Waals surface area contributed by atoms with Crippen LogP contribution in [-0.2, 0) is 14.3 Å². The van der Waals surface area contributed by atoms with Crippen molar-refractivity contribution in [1.82, 2.24) is 0 Å². The van der Waals surface area contributed by atoms with Crippen molar-refractivity contribution < 1.29 is 12.6 Å². The largest absolute Gasteiger partial charge is 0.296 e. The molecular weight excluding hydrogens is 359 g/mol. The van der Waals surface area contributed by atoms with Crippen molar-refractivity contribution >= 4 is 61.5 Å². The van der Waals surface area contributed by atoms with Gasteiger partial charge in [-0.15, -0.1) is 0 Å². The van der Waals surface area contributed by atoms with Crippen molar-refractivity contribution in [2.75, 3.05) is 6.61 Å². The Balaban J connectivity index is 0.00000576.